The van der Waals surface area contributed by atoms with Gasteiger partial charge in [-0.05, 0) is 63.2 Å². The maximum Gasteiger partial charge on any atom is 0.102 e. The van der Waals surface area contributed by atoms with Crippen LogP contribution in [0, 0.1) is 24.2 Å². The lowest BCUT2D eigenvalue weighted by molar-refractivity contribution is 0.304. The molecule has 144 valence electrons. The van der Waals surface area contributed by atoms with Crippen molar-refractivity contribution in [2.45, 2.75) is 64.5 Å². The average molecular weight is 372 g/mol. The van der Waals surface area contributed by atoms with Crippen LogP contribution in [0.2, 0.25) is 0 Å². The number of rotatable bonds is 4. The lowest BCUT2D eigenvalue weighted by atomic mass is 10.0. The summed E-state index contributed by atoms with van der Waals surface area (Å²) in [5.74, 6) is 0.798. The van der Waals surface area contributed by atoms with Crippen molar-refractivity contribution >= 4 is 16.6 Å². The first kappa shape index (κ1) is 17.6. The molecule has 3 heteroatoms. The van der Waals surface area contributed by atoms with Crippen molar-refractivity contribution in [3.63, 3.8) is 0 Å². The third-order valence-electron chi connectivity index (χ3n) is 7.00. The lowest BCUT2D eigenvalue weighted by Gasteiger charge is -2.35. The molecule has 0 unspecified atom stereocenters. The van der Waals surface area contributed by atoms with Gasteiger partial charge in [0, 0.05) is 24.0 Å². The smallest absolute Gasteiger partial charge is 0.102 e. The Morgan fingerprint density at radius 1 is 1.14 bits per heavy atom. The van der Waals surface area contributed by atoms with Gasteiger partial charge in [0.15, 0.2) is 0 Å². The van der Waals surface area contributed by atoms with E-state index in [1.165, 1.54) is 55.3 Å². The Labute approximate surface area is 167 Å². The number of aromatic nitrogens is 1. The molecule has 3 aliphatic rings. The SMILES string of the molecule is Cc1ccc2c(C#N)c(C3=CC=CCN3[C@@H](C)C3CC3)n(C3CCCC3)c2c1. The van der Waals surface area contributed by atoms with E-state index >= 15 is 0 Å². The Hall–Kier alpha value is -2.47. The van der Waals surface area contributed by atoms with Crippen LogP contribution >= 0.6 is 0 Å². The predicted molar refractivity (Wildman–Crippen MR) is 115 cm³/mol. The summed E-state index contributed by atoms with van der Waals surface area (Å²) in [6.45, 7) is 5.46. The number of hydrogen-bond acceptors (Lipinski definition) is 2. The van der Waals surface area contributed by atoms with Crippen molar-refractivity contribution in [1.82, 2.24) is 9.47 Å². The summed E-state index contributed by atoms with van der Waals surface area (Å²) >= 11 is 0. The van der Waals surface area contributed by atoms with Gasteiger partial charge < -0.3 is 9.47 Å². The number of allylic oxidation sites excluding steroid dienone is 2. The average Bonchev–Trinajstić information content (AvgIpc) is 3.33. The molecule has 1 aliphatic heterocycles. The van der Waals surface area contributed by atoms with Crippen LogP contribution in [-0.4, -0.2) is 22.1 Å². The quantitative estimate of drug-likeness (QED) is 0.665. The lowest BCUT2D eigenvalue weighted by Crippen LogP contribution is -2.35. The van der Waals surface area contributed by atoms with Gasteiger partial charge in [0.05, 0.1) is 22.5 Å². The van der Waals surface area contributed by atoms with Crippen LogP contribution in [0.15, 0.2) is 36.4 Å². The van der Waals surface area contributed by atoms with Gasteiger partial charge in [0.2, 0.25) is 0 Å². The van der Waals surface area contributed by atoms with Gasteiger partial charge in [-0.3, -0.25) is 0 Å². The van der Waals surface area contributed by atoms with Crippen LogP contribution in [-0.2, 0) is 0 Å². The van der Waals surface area contributed by atoms with Crippen molar-refractivity contribution in [2.24, 2.45) is 5.92 Å². The van der Waals surface area contributed by atoms with Crippen LogP contribution in [0.5, 0.6) is 0 Å². The standard InChI is InChI=1S/C25H29N3/c1-17-10-13-21-22(16-26)25(28(24(21)15-17)20-7-3-4-8-20)23-9-5-6-14-27(23)18(2)19-11-12-19/h5-6,9-10,13,15,18-20H,3-4,7-8,11-12,14H2,1-2H3/t18-/m0/s1. The van der Waals surface area contributed by atoms with Gasteiger partial charge in [0.1, 0.15) is 6.07 Å². The van der Waals surface area contributed by atoms with Gasteiger partial charge in [-0.15, -0.1) is 0 Å². The summed E-state index contributed by atoms with van der Waals surface area (Å²) in [6.07, 6.45) is 14.4. The minimum Gasteiger partial charge on any atom is -0.363 e. The zero-order valence-corrected chi connectivity index (χ0v) is 17.0. The first-order chi connectivity index (χ1) is 13.7. The third-order valence-corrected chi connectivity index (χ3v) is 7.00. The normalized spacial score (nSPS) is 21.2. The molecule has 2 saturated carbocycles. The monoisotopic (exact) mass is 371 g/mol. The third kappa shape index (κ3) is 2.78. The maximum atomic E-state index is 10.2. The van der Waals surface area contributed by atoms with Crippen molar-refractivity contribution in [3.8, 4) is 6.07 Å². The topological polar surface area (TPSA) is 32.0 Å². The van der Waals surface area contributed by atoms with E-state index in [1.807, 2.05) is 0 Å². The second-order valence-corrected chi connectivity index (χ2v) is 8.87. The molecule has 2 fully saturated rings. The van der Waals surface area contributed by atoms with Crippen LogP contribution in [0.1, 0.15) is 68.3 Å². The van der Waals surface area contributed by atoms with E-state index in [-0.39, 0.29) is 0 Å². The first-order valence-electron chi connectivity index (χ1n) is 10.9. The fourth-order valence-electron chi connectivity index (χ4n) is 5.29. The Bertz CT molecular complexity index is 1010. The van der Waals surface area contributed by atoms with Crippen LogP contribution in [0.4, 0.5) is 0 Å². The van der Waals surface area contributed by atoms with E-state index in [4.69, 9.17) is 0 Å². The van der Waals surface area contributed by atoms with E-state index < -0.39 is 0 Å². The molecular weight excluding hydrogens is 342 g/mol. The number of benzene rings is 1. The van der Waals surface area contributed by atoms with Gasteiger partial charge in [0.25, 0.3) is 0 Å². The minimum absolute atomic E-state index is 0.506. The van der Waals surface area contributed by atoms with E-state index in [0.717, 1.165) is 29.1 Å². The summed E-state index contributed by atoms with van der Waals surface area (Å²) in [5, 5.41) is 11.3. The molecule has 1 aromatic heterocycles. The highest BCUT2D eigenvalue weighted by molar-refractivity contribution is 5.93. The van der Waals surface area contributed by atoms with Gasteiger partial charge in [-0.25, -0.2) is 0 Å². The van der Waals surface area contributed by atoms with Crippen molar-refractivity contribution in [1.29, 1.82) is 5.26 Å². The van der Waals surface area contributed by atoms with Gasteiger partial charge in [-0.1, -0.05) is 37.1 Å². The molecule has 1 aromatic carbocycles. The first-order valence-corrected chi connectivity index (χ1v) is 10.9. The Kier molecular flexibility index (Phi) is 4.31. The van der Waals surface area contributed by atoms with Crippen LogP contribution in [0.3, 0.4) is 0 Å². The highest BCUT2D eigenvalue weighted by Gasteiger charge is 2.36. The van der Waals surface area contributed by atoms with Crippen molar-refractivity contribution in [2.75, 3.05) is 6.54 Å². The molecule has 0 saturated heterocycles. The molecule has 2 aliphatic carbocycles. The molecule has 2 heterocycles. The highest BCUT2D eigenvalue weighted by Crippen LogP contribution is 2.43. The summed E-state index contributed by atoms with van der Waals surface area (Å²) in [7, 11) is 0. The second kappa shape index (κ2) is 6.85. The number of hydrogen-bond donors (Lipinski definition) is 0. The summed E-state index contributed by atoms with van der Waals surface area (Å²) in [5.41, 5.74) is 5.77. The fourth-order valence-corrected chi connectivity index (χ4v) is 5.29. The zero-order valence-electron chi connectivity index (χ0n) is 17.0. The summed E-state index contributed by atoms with van der Waals surface area (Å²) in [4.78, 5) is 2.55. The molecule has 1 atom stereocenters. The molecule has 0 spiro atoms. The molecule has 0 amide bonds. The van der Waals surface area contributed by atoms with Crippen molar-refractivity contribution in [3.05, 3.63) is 53.2 Å². The zero-order chi connectivity index (χ0) is 19.3. The highest BCUT2D eigenvalue weighted by atomic mass is 15.2. The largest absolute Gasteiger partial charge is 0.363 e. The van der Waals surface area contributed by atoms with Crippen molar-refractivity contribution < 1.29 is 0 Å². The fraction of sp³-hybridized carbons (Fsp3) is 0.480. The molecule has 0 bridgehead atoms. The Morgan fingerprint density at radius 3 is 2.64 bits per heavy atom. The van der Waals surface area contributed by atoms with E-state index in [9.17, 15) is 5.26 Å². The molecule has 0 N–H and O–H groups in total. The number of nitriles is 1. The van der Waals surface area contributed by atoms with Gasteiger partial charge in [-0.2, -0.15) is 5.26 Å². The molecule has 0 radical (unpaired) electrons. The Balaban J connectivity index is 1.75. The number of fused-ring (bicyclic) bond motifs is 1. The predicted octanol–water partition coefficient (Wildman–Crippen LogP) is 5.95. The maximum absolute atomic E-state index is 10.2. The van der Waals surface area contributed by atoms with Gasteiger partial charge >= 0.3 is 0 Å². The van der Waals surface area contributed by atoms with Crippen LogP contribution < -0.4 is 0 Å². The number of nitrogens with zero attached hydrogens (tertiary/aromatic N) is 3. The summed E-state index contributed by atoms with van der Waals surface area (Å²) < 4.78 is 2.53. The Morgan fingerprint density at radius 2 is 1.93 bits per heavy atom. The number of aryl methyl sites for hydroxylation is 1. The minimum atomic E-state index is 0.506. The molecule has 28 heavy (non-hydrogen) atoms. The summed E-state index contributed by atoms with van der Waals surface area (Å²) in [6, 6.07) is 10.2. The molecule has 2 aromatic rings. The van der Waals surface area contributed by atoms with E-state index in [1.54, 1.807) is 0 Å². The van der Waals surface area contributed by atoms with E-state index in [2.05, 4.69) is 65.8 Å². The van der Waals surface area contributed by atoms with Crippen LogP contribution in [0.25, 0.3) is 16.6 Å². The van der Waals surface area contributed by atoms with E-state index in [0.29, 0.717) is 12.1 Å². The molecule has 5 rings (SSSR count). The molecule has 3 nitrogen and oxygen atoms in total. The second-order valence-electron chi connectivity index (χ2n) is 8.87. The molecular formula is C25H29N3.